The Labute approximate surface area is 106 Å². The summed E-state index contributed by atoms with van der Waals surface area (Å²) in [6.45, 7) is 6.07. The number of rotatable bonds is 6. The van der Waals surface area contributed by atoms with Crippen molar-refractivity contribution in [3.63, 3.8) is 0 Å². The average molecular weight is 250 g/mol. The van der Waals surface area contributed by atoms with Gasteiger partial charge in [-0.15, -0.1) is 11.3 Å². The lowest BCUT2D eigenvalue weighted by molar-refractivity contribution is 0.484. The van der Waals surface area contributed by atoms with Gasteiger partial charge in [0.2, 0.25) is 0 Å². The van der Waals surface area contributed by atoms with Gasteiger partial charge in [-0.1, -0.05) is 13.8 Å². The fraction of sp³-hybridized carbons (Fsp3) is 0.462. The second-order valence-corrected chi connectivity index (χ2v) is 5.27. The maximum Gasteiger partial charge on any atom is 0.117 e. The van der Waals surface area contributed by atoms with E-state index in [1.807, 2.05) is 12.1 Å². The van der Waals surface area contributed by atoms with Crippen LogP contribution < -0.4 is 5.32 Å². The number of nitrogens with zero attached hydrogens (tertiary/aromatic N) is 1. The van der Waals surface area contributed by atoms with Gasteiger partial charge in [0, 0.05) is 18.3 Å². The van der Waals surface area contributed by atoms with Crippen molar-refractivity contribution in [2.24, 2.45) is 0 Å². The third-order valence-electron chi connectivity index (χ3n) is 2.56. The molecule has 0 saturated heterocycles. The zero-order valence-electron chi connectivity index (χ0n) is 10.3. The van der Waals surface area contributed by atoms with E-state index in [9.17, 15) is 0 Å². The Morgan fingerprint density at radius 3 is 3.00 bits per heavy atom. The van der Waals surface area contributed by atoms with Gasteiger partial charge < -0.3 is 9.73 Å². The SMILES string of the molecule is CC(C)c1csc(CCNCc2ccco2)n1. The highest BCUT2D eigenvalue weighted by Gasteiger charge is 2.05. The molecule has 4 heteroatoms. The van der Waals surface area contributed by atoms with Crippen molar-refractivity contribution in [1.82, 2.24) is 10.3 Å². The van der Waals surface area contributed by atoms with Crippen molar-refractivity contribution in [2.75, 3.05) is 6.54 Å². The monoisotopic (exact) mass is 250 g/mol. The van der Waals surface area contributed by atoms with Crippen LogP contribution in [-0.4, -0.2) is 11.5 Å². The molecule has 0 atom stereocenters. The molecule has 2 heterocycles. The Hall–Kier alpha value is -1.13. The van der Waals surface area contributed by atoms with Gasteiger partial charge in [-0.2, -0.15) is 0 Å². The molecule has 0 amide bonds. The number of furan rings is 1. The Morgan fingerprint density at radius 1 is 1.47 bits per heavy atom. The van der Waals surface area contributed by atoms with E-state index in [0.29, 0.717) is 5.92 Å². The molecule has 17 heavy (non-hydrogen) atoms. The second kappa shape index (κ2) is 5.98. The minimum Gasteiger partial charge on any atom is -0.468 e. The highest BCUT2D eigenvalue weighted by molar-refractivity contribution is 7.09. The summed E-state index contributed by atoms with van der Waals surface area (Å²) in [5, 5.41) is 6.72. The van der Waals surface area contributed by atoms with E-state index in [4.69, 9.17) is 4.42 Å². The van der Waals surface area contributed by atoms with Crippen molar-refractivity contribution < 1.29 is 4.42 Å². The maximum absolute atomic E-state index is 5.25. The molecule has 2 aromatic heterocycles. The van der Waals surface area contributed by atoms with Crippen LogP contribution in [0.1, 0.15) is 36.2 Å². The summed E-state index contributed by atoms with van der Waals surface area (Å²) < 4.78 is 5.25. The van der Waals surface area contributed by atoms with Crippen LogP contribution in [-0.2, 0) is 13.0 Å². The molecule has 0 aliphatic heterocycles. The summed E-state index contributed by atoms with van der Waals surface area (Å²) in [6.07, 6.45) is 2.69. The van der Waals surface area contributed by atoms with E-state index < -0.39 is 0 Å². The summed E-state index contributed by atoms with van der Waals surface area (Å²) in [6, 6.07) is 3.89. The normalized spacial score (nSPS) is 11.2. The second-order valence-electron chi connectivity index (χ2n) is 4.33. The van der Waals surface area contributed by atoms with Crippen LogP contribution in [0.3, 0.4) is 0 Å². The molecular formula is C13H18N2OS. The number of hydrogen-bond acceptors (Lipinski definition) is 4. The minimum absolute atomic E-state index is 0.524. The van der Waals surface area contributed by atoms with E-state index in [2.05, 4.69) is 29.5 Å². The largest absolute Gasteiger partial charge is 0.468 e. The zero-order valence-corrected chi connectivity index (χ0v) is 11.1. The molecule has 0 spiro atoms. The third kappa shape index (κ3) is 3.68. The van der Waals surface area contributed by atoms with Gasteiger partial charge in [0.1, 0.15) is 5.76 Å². The van der Waals surface area contributed by atoms with Gasteiger partial charge in [-0.3, -0.25) is 0 Å². The molecule has 0 aromatic carbocycles. The molecule has 0 aliphatic rings. The van der Waals surface area contributed by atoms with E-state index in [-0.39, 0.29) is 0 Å². The first kappa shape index (κ1) is 12.3. The van der Waals surface area contributed by atoms with Crippen LogP contribution in [0, 0.1) is 0 Å². The van der Waals surface area contributed by atoms with Crippen molar-refractivity contribution >= 4 is 11.3 Å². The quantitative estimate of drug-likeness (QED) is 0.800. The lowest BCUT2D eigenvalue weighted by Gasteiger charge is -2.00. The van der Waals surface area contributed by atoms with Crippen LogP contribution in [0.15, 0.2) is 28.2 Å². The molecule has 92 valence electrons. The predicted octanol–water partition coefficient (Wildman–Crippen LogP) is 3.19. The first-order chi connectivity index (χ1) is 8.25. The lowest BCUT2D eigenvalue weighted by Crippen LogP contribution is -2.16. The predicted molar refractivity (Wildman–Crippen MR) is 70.3 cm³/mol. The van der Waals surface area contributed by atoms with Crippen molar-refractivity contribution in [2.45, 2.75) is 32.7 Å². The molecule has 2 rings (SSSR count). The minimum atomic E-state index is 0.524. The van der Waals surface area contributed by atoms with Crippen LogP contribution in [0.2, 0.25) is 0 Å². The van der Waals surface area contributed by atoms with Crippen molar-refractivity contribution in [3.8, 4) is 0 Å². The van der Waals surface area contributed by atoms with Crippen molar-refractivity contribution in [1.29, 1.82) is 0 Å². The molecular weight excluding hydrogens is 232 g/mol. The number of thiazole rings is 1. The van der Waals surface area contributed by atoms with Gasteiger partial charge in [-0.25, -0.2) is 4.98 Å². The summed E-state index contributed by atoms with van der Waals surface area (Å²) >= 11 is 1.75. The summed E-state index contributed by atoms with van der Waals surface area (Å²) in [7, 11) is 0. The maximum atomic E-state index is 5.25. The van der Waals surface area contributed by atoms with Gasteiger partial charge in [0.25, 0.3) is 0 Å². The van der Waals surface area contributed by atoms with Gasteiger partial charge in [-0.05, 0) is 18.1 Å². The van der Waals surface area contributed by atoms with Crippen molar-refractivity contribution in [3.05, 3.63) is 40.2 Å². The van der Waals surface area contributed by atoms with Crippen LogP contribution in [0.4, 0.5) is 0 Å². The zero-order chi connectivity index (χ0) is 12.1. The van der Waals surface area contributed by atoms with E-state index in [1.165, 1.54) is 10.7 Å². The molecule has 1 N–H and O–H groups in total. The molecule has 0 fully saturated rings. The number of aromatic nitrogens is 1. The van der Waals surface area contributed by atoms with Crippen LogP contribution in [0.5, 0.6) is 0 Å². The Kier molecular flexibility index (Phi) is 4.34. The van der Waals surface area contributed by atoms with E-state index in [1.54, 1.807) is 17.6 Å². The van der Waals surface area contributed by atoms with Gasteiger partial charge in [0.05, 0.1) is 23.5 Å². The molecule has 0 unspecified atom stereocenters. The Morgan fingerprint density at radius 2 is 2.35 bits per heavy atom. The summed E-state index contributed by atoms with van der Waals surface area (Å²) in [5.41, 5.74) is 1.20. The fourth-order valence-electron chi connectivity index (χ4n) is 1.53. The smallest absolute Gasteiger partial charge is 0.117 e. The Bertz CT molecular complexity index is 434. The highest BCUT2D eigenvalue weighted by Crippen LogP contribution is 2.17. The molecule has 2 aromatic rings. The highest BCUT2D eigenvalue weighted by atomic mass is 32.1. The molecule has 0 radical (unpaired) electrons. The van der Waals surface area contributed by atoms with Crippen LogP contribution >= 0.6 is 11.3 Å². The van der Waals surface area contributed by atoms with Gasteiger partial charge in [0.15, 0.2) is 0 Å². The summed E-state index contributed by atoms with van der Waals surface area (Å²) in [5.74, 6) is 1.50. The van der Waals surface area contributed by atoms with Gasteiger partial charge >= 0.3 is 0 Å². The molecule has 0 bridgehead atoms. The standard InChI is InChI=1S/C13H18N2OS/c1-10(2)12-9-17-13(15-12)5-6-14-8-11-4-3-7-16-11/h3-4,7,9-10,14H,5-6,8H2,1-2H3. The number of nitrogens with one attached hydrogen (secondary N) is 1. The first-order valence-corrected chi connectivity index (χ1v) is 6.81. The molecule has 3 nitrogen and oxygen atoms in total. The number of hydrogen-bond donors (Lipinski definition) is 1. The Balaban J connectivity index is 1.71. The lowest BCUT2D eigenvalue weighted by atomic mass is 10.2. The molecule has 0 saturated carbocycles. The summed E-state index contributed by atoms with van der Waals surface area (Å²) in [4.78, 5) is 4.60. The topological polar surface area (TPSA) is 38.1 Å². The third-order valence-corrected chi connectivity index (χ3v) is 3.48. The molecule has 0 aliphatic carbocycles. The average Bonchev–Trinajstić information content (AvgIpc) is 2.96. The van der Waals surface area contributed by atoms with Crippen LogP contribution in [0.25, 0.3) is 0 Å². The van der Waals surface area contributed by atoms with E-state index >= 15 is 0 Å². The van der Waals surface area contributed by atoms with E-state index in [0.717, 1.165) is 25.3 Å². The first-order valence-electron chi connectivity index (χ1n) is 5.93. The fourth-order valence-corrected chi connectivity index (χ4v) is 2.48.